The molecule has 0 spiro atoms. The zero-order valence-electron chi connectivity index (χ0n) is 11.2. The Bertz CT molecular complexity index is 402. The molecule has 1 amide bonds. The van der Waals surface area contributed by atoms with Gasteiger partial charge in [-0.05, 0) is 31.9 Å². The summed E-state index contributed by atoms with van der Waals surface area (Å²) >= 11 is 0. The molecule has 1 rings (SSSR count). The van der Waals surface area contributed by atoms with Crippen LogP contribution in [0.1, 0.15) is 37.5 Å². The number of rotatable bonds is 6. The van der Waals surface area contributed by atoms with Gasteiger partial charge in [-0.3, -0.25) is 4.79 Å². The van der Waals surface area contributed by atoms with Crippen LogP contribution in [0.4, 0.5) is 0 Å². The van der Waals surface area contributed by atoms with Crippen LogP contribution in [0.5, 0.6) is 5.75 Å². The number of aryl methyl sites for hydroxylation is 1. The minimum Gasteiger partial charge on any atom is -0.483 e. The van der Waals surface area contributed by atoms with E-state index in [1.165, 1.54) is 0 Å². The highest BCUT2D eigenvalue weighted by Gasteiger charge is 2.10. The third kappa shape index (κ3) is 4.37. The van der Waals surface area contributed by atoms with Crippen LogP contribution in [0.15, 0.2) is 18.2 Å². The summed E-state index contributed by atoms with van der Waals surface area (Å²) in [6.07, 6.45) is 0.286. The Labute approximate surface area is 108 Å². The van der Waals surface area contributed by atoms with E-state index in [0.29, 0.717) is 17.9 Å². The van der Waals surface area contributed by atoms with Crippen molar-refractivity contribution < 1.29 is 14.6 Å². The standard InChI is InChI=1S/C14H21NO3/c1-4-7-15-14(17)9-18-13-8-10(2)5-6-12(13)11(3)16/h5-6,8,11,16H,4,7,9H2,1-3H3,(H,15,17). The summed E-state index contributed by atoms with van der Waals surface area (Å²) in [6, 6.07) is 5.56. The van der Waals surface area contributed by atoms with Crippen molar-refractivity contribution in [1.82, 2.24) is 5.32 Å². The van der Waals surface area contributed by atoms with Gasteiger partial charge < -0.3 is 15.2 Å². The molecule has 0 aliphatic carbocycles. The topological polar surface area (TPSA) is 58.6 Å². The number of ether oxygens (including phenoxy) is 1. The van der Waals surface area contributed by atoms with Crippen molar-refractivity contribution in [2.45, 2.75) is 33.3 Å². The van der Waals surface area contributed by atoms with Gasteiger partial charge in [-0.2, -0.15) is 0 Å². The maximum atomic E-state index is 11.4. The second kappa shape index (κ2) is 7.01. The Morgan fingerprint density at radius 1 is 1.50 bits per heavy atom. The Morgan fingerprint density at radius 2 is 2.22 bits per heavy atom. The molecule has 0 saturated heterocycles. The molecular formula is C14H21NO3. The van der Waals surface area contributed by atoms with Gasteiger partial charge in [-0.1, -0.05) is 19.1 Å². The van der Waals surface area contributed by atoms with Crippen LogP contribution >= 0.6 is 0 Å². The molecule has 4 nitrogen and oxygen atoms in total. The number of hydrogen-bond acceptors (Lipinski definition) is 3. The van der Waals surface area contributed by atoms with Gasteiger partial charge in [-0.25, -0.2) is 0 Å². The predicted molar refractivity (Wildman–Crippen MR) is 70.6 cm³/mol. The summed E-state index contributed by atoms with van der Waals surface area (Å²) in [5, 5.41) is 12.4. The molecule has 2 N–H and O–H groups in total. The molecule has 1 atom stereocenters. The van der Waals surface area contributed by atoms with Gasteiger partial charge in [0.2, 0.25) is 0 Å². The zero-order valence-corrected chi connectivity index (χ0v) is 11.2. The summed E-state index contributed by atoms with van der Waals surface area (Å²) in [5.74, 6) is 0.423. The van der Waals surface area contributed by atoms with E-state index in [1.807, 2.05) is 32.0 Å². The van der Waals surface area contributed by atoms with Gasteiger partial charge in [0.1, 0.15) is 5.75 Å². The maximum absolute atomic E-state index is 11.4. The van der Waals surface area contributed by atoms with E-state index in [0.717, 1.165) is 12.0 Å². The largest absolute Gasteiger partial charge is 0.483 e. The van der Waals surface area contributed by atoms with Crippen molar-refractivity contribution in [2.75, 3.05) is 13.2 Å². The van der Waals surface area contributed by atoms with E-state index in [4.69, 9.17) is 4.74 Å². The lowest BCUT2D eigenvalue weighted by Gasteiger charge is -2.14. The summed E-state index contributed by atoms with van der Waals surface area (Å²) in [4.78, 5) is 11.4. The molecule has 4 heteroatoms. The minimum atomic E-state index is -0.612. The molecule has 100 valence electrons. The van der Waals surface area contributed by atoms with Crippen molar-refractivity contribution in [3.63, 3.8) is 0 Å². The Balaban J connectivity index is 2.65. The first-order valence-electron chi connectivity index (χ1n) is 6.22. The van der Waals surface area contributed by atoms with E-state index in [2.05, 4.69) is 5.32 Å². The van der Waals surface area contributed by atoms with Crippen molar-refractivity contribution in [1.29, 1.82) is 0 Å². The fourth-order valence-corrected chi connectivity index (χ4v) is 1.57. The molecule has 0 fully saturated rings. The van der Waals surface area contributed by atoms with E-state index < -0.39 is 6.10 Å². The molecule has 0 saturated carbocycles. The monoisotopic (exact) mass is 251 g/mol. The molecule has 1 unspecified atom stereocenters. The lowest BCUT2D eigenvalue weighted by Crippen LogP contribution is -2.29. The van der Waals surface area contributed by atoms with Gasteiger partial charge >= 0.3 is 0 Å². The van der Waals surface area contributed by atoms with Crippen LogP contribution in [0, 0.1) is 6.92 Å². The summed E-state index contributed by atoms with van der Waals surface area (Å²) < 4.78 is 5.47. The quantitative estimate of drug-likeness (QED) is 0.812. The van der Waals surface area contributed by atoms with Crippen LogP contribution in [0.2, 0.25) is 0 Å². The van der Waals surface area contributed by atoms with Gasteiger partial charge in [0.05, 0.1) is 6.10 Å². The lowest BCUT2D eigenvalue weighted by atomic mass is 10.1. The third-order valence-corrected chi connectivity index (χ3v) is 2.55. The average molecular weight is 251 g/mol. The first-order valence-corrected chi connectivity index (χ1v) is 6.22. The molecule has 1 aromatic carbocycles. The zero-order chi connectivity index (χ0) is 13.5. The molecule has 0 aromatic heterocycles. The number of aliphatic hydroxyl groups excluding tert-OH is 1. The van der Waals surface area contributed by atoms with Crippen LogP contribution in [-0.4, -0.2) is 24.2 Å². The molecule has 0 radical (unpaired) electrons. The SMILES string of the molecule is CCCNC(=O)COc1cc(C)ccc1C(C)O. The molecule has 0 aliphatic rings. The second-order valence-electron chi connectivity index (χ2n) is 4.36. The Hall–Kier alpha value is -1.55. The first kappa shape index (κ1) is 14.5. The van der Waals surface area contributed by atoms with E-state index >= 15 is 0 Å². The van der Waals surface area contributed by atoms with E-state index in [-0.39, 0.29) is 12.5 Å². The number of hydrogen-bond donors (Lipinski definition) is 2. The van der Waals surface area contributed by atoms with Crippen molar-refractivity contribution in [3.8, 4) is 5.75 Å². The molecule has 18 heavy (non-hydrogen) atoms. The van der Waals surface area contributed by atoms with Gasteiger partial charge in [0.15, 0.2) is 6.61 Å². The highest BCUT2D eigenvalue weighted by Crippen LogP contribution is 2.26. The second-order valence-corrected chi connectivity index (χ2v) is 4.36. The number of carbonyl (C=O) groups excluding carboxylic acids is 1. The molecule has 1 aromatic rings. The molecular weight excluding hydrogens is 230 g/mol. The average Bonchev–Trinajstić information content (AvgIpc) is 2.33. The van der Waals surface area contributed by atoms with Crippen LogP contribution in [0.25, 0.3) is 0 Å². The Morgan fingerprint density at radius 3 is 2.83 bits per heavy atom. The summed E-state index contributed by atoms with van der Waals surface area (Å²) in [7, 11) is 0. The fourth-order valence-electron chi connectivity index (χ4n) is 1.57. The van der Waals surface area contributed by atoms with E-state index in [9.17, 15) is 9.90 Å². The number of amides is 1. The highest BCUT2D eigenvalue weighted by molar-refractivity contribution is 5.77. The third-order valence-electron chi connectivity index (χ3n) is 2.55. The molecule has 0 heterocycles. The molecule has 0 bridgehead atoms. The van der Waals surface area contributed by atoms with Crippen molar-refractivity contribution in [3.05, 3.63) is 29.3 Å². The normalized spacial score (nSPS) is 12.0. The number of carbonyl (C=O) groups is 1. The maximum Gasteiger partial charge on any atom is 0.257 e. The van der Waals surface area contributed by atoms with Crippen molar-refractivity contribution >= 4 is 5.91 Å². The van der Waals surface area contributed by atoms with Crippen LogP contribution < -0.4 is 10.1 Å². The van der Waals surface area contributed by atoms with E-state index in [1.54, 1.807) is 6.92 Å². The van der Waals surface area contributed by atoms with Crippen LogP contribution in [-0.2, 0) is 4.79 Å². The van der Waals surface area contributed by atoms with Gasteiger partial charge in [0, 0.05) is 12.1 Å². The number of aliphatic hydroxyl groups is 1. The summed E-state index contributed by atoms with van der Waals surface area (Å²) in [6.45, 7) is 6.24. The first-order chi connectivity index (χ1) is 8.54. The Kier molecular flexibility index (Phi) is 5.65. The van der Waals surface area contributed by atoms with Gasteiger partial charge in [0.25, 0.3) is 5.91 Å². The van der Waals surface area contributed by atoms with Gasteiger partial charge in [-0.15, -0.1) is 0 Å². The predicted octanol–water partition coefficient (Wildman–Crippen LogP) is 1.95. The highest BCUT2D eigenvalue weighted by atomic mass is 16.5. The smallest absolute Gasteiger partial charge is 0.257 e. The number of benzene rings is 1. The number of nitrogens with one attached hydrogen (secondary N) is 1. The van der Waals surface area contributed by atoms with Crippen molar-refractivity contribution in [2.24, 2.45) is 0 Å². The fraction of sp³-hybridized carbons (Fsp3) is 0.500. The minimum absolute atomic E-state index is 0.0246. The lowest BCUT2D eigenvalue weighted by molar-refractivity contribution is -0.123. The van der Waals surface area contributed by atoms with Crippen LogP contribution in [0.3, 0.4) is 0 Å². The summed E-state index contributed by atoms with van der Waals surface area (Å²) in [5.41, 5.74) is 1.73. The molecule has 0 aliphatic heterocycles.